The lowest BCUT2D eigenvalue weighted by molar-refractivity contribution is 0.0845. The fourth-order valence-electron chi connectivity index (χ4n) is 3.28. The summed E-state index contributed by atoms with van der Waals surface area (Å²) in [6, 6.07) is 14.8. The zero-order chi connectivity index (χ0) is 25.1. The molecule has 0 saturated heterocycles. The molecule has 2 aromatic carbocycles. The van der Waals surface area contributed by atoms with Gasteiger partial charge in [0.05, 0.1) is 10.5 Å². The van der Waals surface area contributed by atoms with E-state index in [1.54, 1.807) is 56.3 Å². The number of nitrogens with one attached hydrogen (secondary N) is 3. The lowest BCUT2D eigenvalue weighted by atomic mass is 9.87. The Morgan fingerprint density at radius 1 is 0.882 bits per heavy atom. The summed E-state index contributed by atoms with van der Waals surface area (Å²) in [5, 5.41) is 0. The number of sulfonamides is 1. The topological polar surface area (TPSA) is 118 Å². The molecule has 0 aliphatic heterocycles. The average Bonchev–Trinajstić information content (AvgIpc) is 3.13. The Bertz CT molecular complexity index is 1290. The highest BCUT2D eigenvalue weighted by Crippen LogP contribution is 2.23. The Morgan fingerprint density at radius 2 is 1.47 bits per heavy atom. The maximum Gasteiger partial charge on any atom is 0.273 e. The Balaban J connectivity index is 1.56. The van der Waals surface area contributed by atoms with Crippen LogP contribution in [0.15, 0.2) is 63.9 Å². The van der Waals surface area contributed by atoms with E-state index in [-0.39, 0.29) is 16.9 Å². The first-order valence-electron chi connectivity index (χ1n) is 10.7. The molecule has 180 valence electrons. The molecule has 2 amide bonds. The Labute approximate surface area is 199 Å². The molecule has 0 radical (unpaired) electrons. The number of furan rings is 1. The maximum atomic E-state index is 12.6. The van der Waals surface area contributed by atoms with E-state index in [0.29, 0.717) is 28.2 Å². The molecule has 0 saturated carbocycles. The number of hydrazine groups is 1. The van der Waals surface area contributed by atoms with Crippen molar-refractivity contribution in [3.05, 3.63) is 88.4 Å². The van der Waals surface area contributed by atoms with E-state index in [4.69, 9.17) is 4.42 Å². The van der Waals surface area contributed by atoms with E-state index in [0.717, 1.165) is 5.56 Å². The van der Waals surface area contributed by atoms with Crippen LogP contribution in [-0.2, 0) is 22.0 Å². The van der Waals surface area contributed by atoms with Gasteiger partial charge in [0, 0.05) is 12.1 Å². The van der Waals surface area contributed by atoms with Crippen LogP contribution in [0.2, 0.25) is 0 Å². The lowest BCUT2D eigenvalue weighted by Gasteiger charge is -2.19. The highest BCUT2D eigenvalue weighted by atomic mass is 32.2. The van der Waals surface area contributed by atoms with Crippen molar-refractivity contribution in [2.45, 2.75) is 51.5 Å². The summed E-state index contributed by atoms with van der Waals surface area (Å²) >= 11 is 0. The smallest absolute Gasteiger partial charge is 0.273 e. The Morgan fingerprint density at radius 3 is 2.00 bits per heavy atom. The van der Waals surface area contributed by atoms with Crippen LogP contribution < -0.4 is 15.6 Å². The number of aryl methyl sites for hydroxylation is 2. The van der Waals surface area contributed by atoms with Gasteiger partial charge in [0.1, 0.15) is 11.5 Å². The standard InChI is InChI=1S/C25H29N3O5S/c1-16-14-22(17(2)33-16)24(30)28-27-23(29)19-8-6-18(7-9-19)15-26-34(31,32)21-12-10-20(11-13-21)25(3,4)5/h6-14,26H,15H2,1-5H3,(H,27,29)(H,28,30). The lowest BCUT2D eigenvalue weighted by Crippen LogP contribution is -2.41. The molecule has 8 nitrogen and oxygen atoms in total. The predicted octanol–water partition coefficient (Wildman–Crippen LogP) is 3.75. The third-order valence-electron chi connectivity index (χ3n) is 5.29. The molecule has 1 aromatic heterocycles. The largest absolute Gasteiger partial charge is 0.466 e. The van der Waals surface area contributed by atoms with Crippen LogP contribution in [0.1, 0.15) is 64.1 Å². The van der Waals surface area contributed by atoms with Crippen LogP contribution in [0.25, 0.3) is 0 Å². The molecule has 0 bridgehead atoms. The van der Waals surface area contributed by atoms with Crippen molar-refractivity contribution in [2.24, 2.45) is 0 Å². The molecule has 3 rings (SSSR count). The zero-order valence-electron chi connectivity index (χ0n) is 19.9. The van der Waals surface area contributed by atoms with Gasteiger partial charge in [-0.3, -0.25) is 20.4 Å². The van der Waals surface area contributed by atoms with Gasteiger partial charge >= 0.3 is 0 Å². The summed E-state index contributed by atoms with van der Waals surface area (Å²) in [7, 11) is -3.68. The van der Waals surface area contributed by atoms with Gasteiger partial charge in [-0.05, 0) is 60.7 Å². The van der Waals surface area contributed by atoms with Crippen LogP contribution in [0.4, 0.5) is 0 Å². The molecule has 0 aliphatic rings. The van der Waals surface area contributed by atoms with Gasteiger partial charge in [-0.25, -0.2) is 13.1 Å². The van der Waals surface area contributed by atoms with Crippen LogP contribution in [-0.4, -0.2) is 20.2 Å². The highest BCUT2D eigenvalue weighted by Gasteiger charge is 2.18. The number of hydrogen-bond donors (Lipinski definition) is 3. The van der Waals surface area contributed by atoms with E-state index in [9.17, 15) is 18.0 Å². The molecule has 0 atom stereocenters. The summed E-state index contributed by atoms with van der Waals surface area (Å²) in [6.45, 7) is 9.65. The molecule has 0 fully saturated rings. The number of hydrogen-bond acceptors (Lipinski definition) is 5. The van der Waals surface area contributed by atoms with Gasteiger partial charge in [-0.15, -0.1) is 0 Å². The quantitative estimate of drug-likeness (QED) is 0.462. The monoisotopic (exact) mass is 483 g/mol. The van der Waals surface area contributed by atoms with Crippen LogP contribution >= 0.6 is 0 Å². The number of rotatable bonds is 6. The fourth-order valence-corrected chi connectivity index (χ4v) is 4.30. The molecule has 0 unspecified atom stereocenters. The van der Waals surface area contributed by atoms with Gasteiger partial charge in [0.25, 0.3) is 11.8 Å². The second kappa shape index (κ2) is 9.82. The maximum absolute atomic E-state index is 12.6. The molecular formula is C25H29N3O5S. The van der Waals surface area contributed by atoms with Crippen molar-refractivity contribution >= 4 is 21.8 Å². The van der Waals surface area contributed by atoms with Crippen molar-refractivity contribution in [2.75, 3.05) is 0 Å². The number of carbonyl (C=O) groups excluding carboxylic acids is 2. The minimum absolute atomic E-state index is 0.0657. The van der Waals surface area contributed by atoms with E-state index < -0.39 is 21.8 Å². The molecule has 0 aliphatic carbocycles. The van der Waals surface area contributed by atoms with Crippen LogP contribution in [0.3, 0.4) is 0 Å². The van der Waals surface area contributed by atoms with E-state index in [1.165, 1.54) is 0 Å². The van der Waals surface area contributed by atoms with Crippen molar-refractivity contribution < 1.29 is 22.4 Å². The Hall–Kier alpha value is -3.43. The average molecular weight is 484 g/mol. The number of carbonyl (C=O) groups is 2. The third-order valence-corrected chi connectivity index (χ3v) is 6.71. The molecular weight excluding hydrogens is 454 g/mol. The number of benzene rings is 2. The second-order valence-electron chi connectivity index (χ2n) is 9.03. The van der Waals surface area contributed by atoms with Gasteiger partial charge in [0.15, 0.2) is 0 Å². The zero-order valence-corrected chi connectivity index (χ0v) is 20.7. The summed E-state index contributed by atoms with van der Waals surface area (Å²) in [5.41, 5.74) is 7.02. The SMILES string of the molecule is Cc1cc(C(=O)NNC(=O)c2ccc(CNS(=O)(=O)c3ccc(C(C)(C)C)cc3)cc2)c(C)o1. The summed E-state index contributed by atoms with van der Waals surface area (Å²) < 4.78 is 33.1. The van der Waals surface area contributed by atoms with E-state index in [1.807, 2.05) is 12.1 Å². The van der Waals surface area contributed by atoms with Crippen molar-refractivity contribution in [3.63, 3.8) is 0 Å². The minimum Gasteiger partial charge on any atom is -0.466 e. The van der Waals surface area contributed by atoms with Crippen molar-refractivity contribution in [1.82, 2.24) is 15.6 Å². The van der Waals surface area contributed by atoms with E-state index in [2.05, 4.69) is 36.3 Å². The highest BCUT2D eigenvalue weighted by molar-refractivity contribution is 7.89. The predicted molar refractivity (Wildman–Crippen MR) is 129 cm³/mol. The number of amides is 2. The first-order chi connectivity index (χ1) is 15.9. The van der Waals surface area contributed by atoms with Gasteiger partial charge in [-0.1, -0.05) is 45.0 Å². The van der Waals surface area contributed by atoms with E-state index >= 15 is 0 Å². The molecule has 1 heterocycles. The molecule has 3 aromatic rings. The normalized spacial score (nSPS) is 11.8. The molecule has 9 heteroatoms. The van der Waals surface area contributed by atoms with Crippen molar-refractivity contribution in [3.8, 4) is 0 Å². The van der Waals surface area contributed by atoms with Gasteiger partial charge < -0.3 is 4.42 Å². The van der Waals surface area contributed by atoms with Crippen LogP contribution in [0.5, 0.6) is 0 Å². The summed E-state index contributed by atoms with van der Waals surface area (Å²) in [4.78, 5) is 24.7. The summed E-state index contributed by atoms with van der Waals surface area (Å²) in [5.74, 6) is 0.0739. The third kappa shape index (κ3) is 6.12. The molecule has 0 spiro atoms. The molecule has 3 N–H and O–H groups in total. The van der Waals surface area contributed by atoms with Gasteiger partial charge in [0.2, 0.25) is 10.0 Å². The first kappa shape index (κ1) is 25.2. The summed E-state index contributed by atoms with van der Waals surface area (Å²) in [6.07, 6.45) is 0. The van der Waals surface area contributed by atoms with Crippen molar-refractivity contribution in [1.29, 1.82) is 0 Å². The van der Waals surface area contributed by atoms with Crippen LogP contribution in [0, 0.1) is 13.8 Å². The van der Waals surface area contributed by atoms with Gasteiger partial charge in [-0.2, -0.15) is 0 Å². The Kier molecular flexibility index (Phi) is 7.28. The second-order valence-corrected chi connectivity index (χ2v) is 10.8. The molecule has 34 heavy (non-hydrogen) atoms. The fraction of sp³-hybridized carbons (Fsp3) is 0.280. The minimum atomic E-state index is -3.68. The first-order valence-corrected chi connectivity index (χ1v) is 12.2.